The lowest BCUT2D eigenvalue weighted by atomic mass is 10.4. The van der Waals surface area contributed by atoms with Crippen molar-refractivity contribution in [1.29, 1.82) is 0 Å². The summed E-state index contributed by atoms with van der Waals surface area (Å²) < 4.78 is 0. The molecule has 0 spiro atoms. The van der Waals surface area contributed by atoms with Gasteiger partial charge in [0.15, 0.2) is 0 Å². The van der Waals surface area contributed by atoms with E-state index in [4.69, 9.17) is 0 Å². The van der Waals surface area contributed by atoms with Gasteiger partial charge in [-0.05, 0) is 0 Å². The van der Waals surface area contributed by atoms with E-state index in [-0.39, 0.29) is 0 Å². The van der Waals surface area contributed by atoms with Crippen LogP contribution in [0.2, 0.25) is 0 Å². The van der Waals surface area contributed by atoms with Crippen molar-refractivity contribution in [2.45, 2.75) is 32.1 Å². The molecule has 4 saturated heterocycles. The Kier molecular flexibility index (Phi) is 2.92. The lowest BCUT2D eigenvalue weighted by Gasteiger charge is -2.56. The van der Waals surface area contributed by atoms with E-state index in [1.165, 1.54) is 72.1 Å². The molecule has 0 N–H and O–H groups in total. The summed E-state index contributed by atoms with van der Waals surface area (Å²) in [6.07, 6.45) is 7.50. The van der Waals surface area contributed by atoms with Crippen molar-refractivity contribution in [3.8, 4) is 0 Å². The Bertz CT molecular complexity index is 150. The van der Waals surface area contributed by atoms with Gasteiger partial charge in [0.05, 0.1) is 40.0 Å². The van der Waals surface area contributed by atoms with Crippen LogP contribution >= 0.6 is 0 Å². The molecule has 86 valence electrons. The first kappa shape index (κ1) is 10.0. The molecular weight excluding hydrogens is 188 g/mol. The van der Waals surface area contributed by atoms with Crippen LogP contribution < -0.4 is 0 Å². The molecule has 5 rings (SSSR count). The molecule has 0 aromatic carbocycles. The van der Waals surface area contributed by atoms with Crippen LogP contribution in [0.5, 0.6) is 0 Å². The predicted octanol–water partition coefficient (Wildman–Crippen LogP) is 0.931. The largest absolute Gasteiger partial charge is 0.264 e. The zero-order chi connectivity index (χ0) is 10.1. The van der Waals surface area contributed by atoms with Crippen LogP contribution in [0.25, 0.3) is 0 Å². The molecule has 1 aliphatic carbocycles. The van der Waals surface area contributed by atoms with Gasteiger partial charge < -0.3 is 0 Å². The van der Waals surface area contributed by atoms with Gasteiger partial charge in [0.1, 0.15) is 0 Å². The van der Waals surface area contributed by atoms with Crippen molar-refractivity contribution in [1.82, 2.24) is 19.6 Å². The molecule has 0 atom stereocenters. The van der Waals surface area contributed by atoms with Crippen molar-refractivity contribution in [3.63, 3.8) is 0 Å². The predicted molar refractivity (Wildman–Crippen MR) is 59.6 cm³/mol. The first-order chi connectivity index (χ1) is 7.40. The zero-order valence-corrected chi connectivity index (χ0v) is 9.57. The van der Waals surface area contributed by atoms with Gasteiger partial charge in [-0.3, -0.25) is 19.6 Å². The van der Waals surface area contributed by atoms with Crippen LogP contribution in [-0.4, -0.2) is 59.6 Å². The SMILES string of the molecule is C1CCCC1.C1N2CN3CN1CN(C2)C3. The third-order valence-electron chi connectivity index (χ3n) is 3.65. The van der Waals surface area contributed by atoms with Crippen molar-refractivity contribution in [2.75, 3.05) is 40.0 Å². The van der Waals surface area contributed by atoms with E-state index >= 15 is 0 Å². The maximum Gasteiger partial charge on any atom is 0.0555 e. The maximum atomic E-state index is 2.47. The Labute approximate surface area is 92.4 Å². The number of rotatable bonds is 0. The summed E-state index contributed by atoms with van der Waals surface area (Å²) in [6.45, 7) is 7.12. The first-order valence-electron chi connectivity index (χ1n) is 6.29. The second-order valence-electron chi connectivity index (χ2n) is 5.30. The van der Waals surface area contributed by atoms with Gasteiger partial charge >= 0.3 is 0 Å². The van der Waals surface area contributed by atoms with Crippen LogP contribution in [0.3, 0.4) is 0 Å². The van der Waals surface area contributed by atoms with Crippen LogP contribution in [0, 0.1) is 0 Å². The van der Waals surface area contributed by atoms with E-state index in [0.717, 1.165) is 0 Å². The van der Waals surface area contributed by atoms with E-state index in [9.17, 15) is 0 Å². The van der Waals surface area contributed by atoms with Crippen molar-refractivity contribution >= 4 is 0 Å². The highest BCUT2D eigenvalue weighted by Gasteiger charge is 2.36. The highest BCUT2D eigenvalue weighted by atomic mass is 15.7. The molecule has 5 fully saturated rings. The lowest BCUT2D eigenvalue weighted by Crippen LogP contribution is -2.71. The Hall–Kier alpha value is -0.160. The van der Waals surface area contributed by atoms with Crippen LogP contribution in [0.1, 0.15) is 32.1 Å². The van der Waals surface area contributed by atoms with Crippen molar-refractivity contribution < 1.29 is 0 Å². The summed E-state index contributed by atoms with van der Waals surface area (Å²) in [7, 11) is 0. The van der Waals surface area contributed by atoms with Gasteiger partial charge in [0, 0.05) is 0 Å². The minimum atomic E-state index is 1.19. The third kappa shape index (κ3) is 2.33. The monoisotopic (exact) mass is 210 g/mol. The van der Waals surface area contributed by atoms with Crippen LogP contribution in [0.4, 0.5) is 0 Å². The average Bonchev–Trinajstić information content (AvgIpc) is 2.72. The zero-order valence-electron chi connectivity index (χ0n) is 9.57. The summed E-state index contributed by atoms with van der Waals surface area (Å²) in [4.78, 5) is 9.88. The van der Waals surface area contributed by atoms with E-state index in [0.29, 0.717) is 0 Å². The quantitative estimate of drug-likeness (QED) is 0.589. The van der Waals surface area contributed by atoms with E-state index in [2.05, 4.69) is 19.6 Å². The van der Waals surface area contributed by atoms with Gasteiger partial charge in [0.25, 0.3) is 0 Å². The molecule has 4 aliphatic heterocycles. The summed E-state index contributed by atoms with van der Waals surface area (Å²) in [5.41, 5.74) is 0. The van der Waals surface area contributed by atoms with Gasteiger partial charge in [-0.2, -0.15) is 0 Å². The van der Waals surface area contributed by atoms with Crippen molar-refractivity contribution in [2.24, 2.45) is 0 Å². The molecular formula is C11H22N4. The Balaban J connectivity index is 0.000000123. The highest BCUT2D eigenvalue weighted by Crippen LogP contribution is 2.20. The standard InChI is InChI=1S/C6H12N4.C5H10/c1-7-2-9-4-8(1)5-10(3-7)6-9;1-2-4-5-3-1/h1-6H2;1-5H2. The van der Waals surface area contributed by atoms with Crippen LogP contribution in [0.15, 0.2) is 0 Å². The summed E-state index contributed by atoms with van der Waals surface area (Å²) in [5.74, 6) is 0. The van der Waals surface area contributed by atoms with Gasteiger partial charge in [-0.15, -0.1) is 0 Å². The molecule has 0 radical (unpaired) electrons. The Morgan fingerprint density at radius 1 is 0.333 bits per heavy atom. The Morgan fingerprint density at radius 3 is 0.733 bits per heavy atom. The van der Waals surface area contributed by atoms with Crippen molar-refractivity contribution in [3.05, 3.63) is 0 Å². The minimum Gasteiger partial charge on any atom is -0.264 e. The Morgan fingerprint density at radius 2 is 0.533 bits per heavy atom. The van der Waals surface area contributed by atoms with Gasteiger partial charge in [0.2, 0.25) is 0 Å². The minimum absolute atomic E-state index is 1.19. The molecule has 0 amide bonds. The fourth-order valence-corrected chi connectivity index (χ4v) is 3.12. The summed E-state index contributed by atoms with van der Waals surface area (Å²) in [6, 6.07) is 0. The van der Waals surface area contributed by atoms with Gasteiger partial charge in [-0.25, -0.2) is 0 Å². The van der Waals surface area contributed by atoms with E-state index < -0.39 is 0 Å². The average molecular weight is 210 g/mol. The molecule has 0 aromatic rings. The molecule has 0 unspecified atom stereocenters. The number of hydrogen-bond acceptors (Lipinski definition) is 4. The first-order valence-corrected chi connectivity index (χ1v) is 6.29. The van der Waals surface area contributed by atoms with E-state index in [1.807, 2.05) is 0 Å². The highest BCUT2D eigenvalue weighted by molar-refractivity contribution is 4.79. The lowest BCUT2D eigenvalue weighted by molar-refractivity contribution is -0.194. The van der Waals surface area contributed by atoms with E-state index in [1.54, 1.807) is 0 Å². The van der Waals surface area contributed by atoms with Gasteiger partial charge in [-0.1, -0.05) is 32.1 Å². The topological polar surface area (TPSA) is 13.0 Å². The molecule has 4 heteroatoms. The molecule has 4 bridgehead atoms. The second-order valence-corrected chi connectivity index (χ2v) is 5.30. The fraction of sp³-hybridized carbons (Fsp3) is 1.00. The maximum absolute atomic E-state index is 2.47. The molecule has 1 saturated carbocycles. The molecule has 4 heterocycles. The third-order valence-corrected chi connectivity index (χ3v) is 3.65. The number of hydrogen-bond donors (Lipinski definition) is 0. The summed E-state index contributed by atoms with van der Waals surface area (Å²) >= 11 is 0. The van der Waals surface area contributed by atoms with Crippen LogP contribution in [-0.2, 0) is 0 Å². The fourth-order valence-electron chi connectivity index (χ4n) is 3.12. The number of nitrogens with zero attached hydrogens (tertiary/aromatic N) is 4. The molecule has 15 heavy (non-hydrogen) atoms. The molecule has 0 aromatic heterocycles. The molecule has 4 nitrogen and oxygen atoms in total. The molecule has 5 aliphatic rings. The summed E-state index contributed by atoms with van der Waals surface area (Å²) in [5, 5.41) is 0. The second kappa shape index (κ2) is 4.37. The smallest absolute Gasteiger partial charge is 0.0555 e. The normalized spacial score (nSPS) is 46.4.